The van der Waals surface area contributed by atoms with Crippen LogP contribution in [0.2, 0.25) is 0 Å². The summed E-state index contributed by atoms with van der Waals surface area (Å²) >= 11 is 0. The lowest BCUT2D eigenvalue weighted by Gasteiger charge is -2.62. The van der Waals surface area contributed by atoms with Gasteiger partial charge in [-0.15, -0.1) is 0 Å². The molecule has 0 aromatic heterocycles. The van der Waals surface area contributed by atoms with Crippen LogP contribution in [-0.4, -0.2) is 42.2 Å². The highest BCUT2D eigenvalue weighted by molar-refractivity contribution is 5.75. The molecule has 0 bridgehead atoms. The van der Waals surface area contributed by atoms with Gasteiger partial charge in [0.2, 0.25) is 0 Å². The first-order valence-electron chi connectivity index (χ1n) is 14.7. The van der Waals surface area contributed by atoms with E-state index in [1.165, 1.54) is 38.5 Å². The molecule has 196 valence electrons. The molecule has 34 heavy (non-hydrogen) atoms. The molecule has 0 spiro atoms. The monoisotopic (exact) mass is 474 g/mol. The van der Waals surface area contributed by atoms with Crippen molar-refractivity contribution < 1.29 is 9.90 Å². The fourth-order valence-corrected chi connectivity index (χ4v) is 9.73. The van der Waals surface area contributed by atoms with Crippen LogP contribution in [0.4, 0.5) is 0 Å². The highest BCUT2D eigenvalue weighted by atomic mass is 16.3. The zero-order valence-electron chi connectivity index (χ0n) is 23.0. The molecule has 0 heterocycles. The van der Waals surface area contributed by atoms with Gasteiger partial charge in [-0.3, -0.25) is 0 Å². The molecule has 4 fully saturated rings. The van der Waals surface area contributed by atoms with E-state index >= 15 is 0 Å². The molecule has 3 N–H and O–H groups in total. The summed E-state index contributed by atoms with van der Waals surface area (Å²) in [6.07, 6.45) is 11.7. The van der Waals surface area contributed by atoms with Gasteiger partial charge in [0.1, 0.15) is 5.78 Å². The molecule has 4 rings (SSSR count). The standard InChI is InChI=1S/C30H54N2O2/c1-19(2)31-15-16-32-22-11-13-30(6)26-12-14-29(5)24(20(3)7-8-21(4)33)9-10-25(29)23(26)18-28(34)27(30)17-22/h19-20,22-28,31-32,34H,7-18H2,1-6H3/t20-,22-,23?,24-,25?,26?,27?,28+,29-,30-/m1/s1. The van der Waals surface area contributed by atoms with Crippen LogP contribution in [0.1, 0.15) is 106 Å². The minimum atomic E-state index is -0.138. The molecule has 0 radical (unpaired) electrons. The number of carbonyl (C=O) groups excluding carboxylic acids is 1. The van der Waals surface area contributed by atoms with Crippen LogP contribution in [0.3, 0.4) is 0 Å². The SMILES string of the molecule is CC(=O)CC[C@@H](C)[C@H]1CCC2C3C[C@H](O)C4C[C@H](NCCNC(C)C)CC[C@]4(C)C3CC[C@@]21C. The van der Waals surface area contributed by atoms with Gasteiger partial charge < -0.3 is 20.5 Å². The molecular formula is C30H54N2O2. The van der Waals surface area contributed by atoms with Crippen LogP contribution in [0.5, 0.6) is 0 Å². The normalized spacial score (nSPS) is 44.9. The molecule has 4 aliphatic carbocycles. The summed E-state index contributed by atoms with van der Waals surface area (Å²) < 4.78 is 0. The molecule has 0 aromatic rings. The fourth-order valence-electron chi connectivity index (χ4n) is 9.73. The molecule has 4 saturated carbocycles. The maximum atomic E-state index is 11.6. The van der Waals surface area contributed by atoms with Crippen LogP contribution in [0, 0.1) is 46.3 Å². The summed E-state index contributed by atoms with van der Waals surface area (Å²) in [5.41, 5.74) is 0.707. The second kappa shape index (κ2) is 10.5. The van der Waals surface area contributed by atoms with Crippen molar-refractivity contribution in [1.29, 1.82) is 0 Å². The smallest absolute Gasteiger partial charge is 0.129 e. The number of Topliss-reactive ketones (excluding diaryl/α,β-unsaturated/α-hetero) is 1. The molecule has 0 amide bonds. The first kappa shape index (κ1) is 26.6. The van der Waals surface area contributed by atoms with E-state index in [0.29, 0.717) is 46.5 Å². The zero-order chi connectivity index (χ0) is 24.7. The predicted octanol–water partition coefficient (Wildman–Crippen LogP) is 5.58. The highest BCUT2D eigenvalue weighted by Crippen LogP contribution is 2.68. The Balaban J connectivity index is 1.41. The van der Waals surface area contributed by atoms with Gasteiger partial charge >= 0.3 is 0 Å². The third-order valence-electron chi connectivity index (χ3n) is 11.5. The topological polar surface area (TPSA) is 61.4 Å². The Morgan fingerprint density at radius 3 is 2.35 bits per heavy atom. The van der Waals surface area contributed by atoms with Gasteiger partial charge in [0.15, 0.2) is 0 Å². The second-order valence-corrected chi connectivity index (χ2v) is 13.8. The summed E-state index contributed by atoms with van der Waals surface area (Å²) in [5.74, 6) is 4.42. The maximum Gasteiger partial charge on any atom is 0.129 e. The van der Waals surface area contributed by atoms with Crippen LogP contribution < -0.4 is 10.6 Å². The van der Waals surface area contributed by atoms with E-state index in [0.717, 1.165) is 56.5 Å². The van der Waals surface area contributed by atoms with Crippen molar-refractivity contribution in [2.75, 3.05) is 13.1 Å². The average molecular weight is 475 g/mol. The van der Waals surface area contributed by atoms with Gasteiger partial charge in [0.25, 0.3) is 0 Å². The maximum absolute atomic E-state index is 11.6. The van der Waals surface area contributed by atoms with Crippen molar-refractivity contribution in [3.63, 3.8) is 0 Å². The molecule has 4 unspecified atom stereocenters. The Labute approximate surface area is 209 Å². The second-order valence-electron chi connectivity index (χ2n) is 13.8. The van der Waals surface area contributed by atoms with Crippen molar-refractivity contribution in [3.05, 3.63) is 0 Å². The molecular weight excluding hydrogens is 420 g/mol. The van der Waals surface area contributed by atoms with Gasteiger partial charge in [-0.25, -0.2) is 0 Å². The third-order valence-corrected chi connectivity index (χ3v) is 11.5. The summed E-state index contributed by atoms with van der Waals surface area (Å²) in [4.78, 5) is 11.6. The van der Waals surface area contributed by atoms with E-state index in [-0.39, 0.29) is 6.10 Å². The van der Waals surface area contributed by atoms with Gasteiger partial charge in [-0.05, 0) is 111 Å². The number of carbonyl (C=O) groups is 1. The van der Waals surface area contributed by atoms with Gasteiger partial charge in [-0.1, -0.05) is 34.6 Å². The Hall–Kier alpha value is -0.450. The fraction of sp³-hybridized carbons (Fsp3) is 0.967. The third kappa shape index (κ3) is 5.02. The quantitative estimate of drug-likeness (QED) is 0.382. The van der Waals surface area contributed by atoms with Gasteiger partial charge in [0.05, 0.1) is 6.10 Å². The lowest BCUT2D eigenvalue weighted by molar-refractivity contribution is -0.162. The van der Waals surface area contributed by atoms with Crippen molar-refractivity contribution in [2.24, 2.45) is 46.3 Å². The Kier molecular flexibility index (Phi) is 8.22. The summed E-state index contributed by atoms with van der Waals surface area (Å²) in [5, 5.41) is 18.8. The number of hydrogen-bond donors (Lipinski definition) is 3. The molecule has 0 aromatic carbocycles. The number of aliphatic hydroxyl groups excluding tert-OH is 1. The number of fused-ring (bicyclic) bond motifs is 5. The van der Waals surface area contributed by atoms with Crippen molar-refractivity contribution >= 4 is 5.78 Å². The average Bonchev–Trinajstić information content (AvgIpc) is 3.13. The van der Waals surface area contributed by atoms with Crippen molar-refractivity contribution in [2.45, 2.75) is 124 Å². The van der Waals surface area contributed by atoms with Crippen LogP contribution in [0.15, 0.2) is 0 Å². The molecule has 0 saturated heterocycles. The number of nitrogens with one attached hydrogen (secondary N) is 2. The minimum absolute atomic E-state index is 0.138. The largest absolute Gasteiger partial charge is 0.393 e. The van der Waals surface area contributed by atoms with Crippen molar-refractivity contribution in [1.82, 2.24) is 10.6 Å². The Morgan fingerprint density at radius 1 is 0.941 bits per heavy atom. The minimum Gasteiger partial charge on any atom is -0.393 e. The predicted molar refractivity (Wildman–Crippen MR) is 141 cm³/mol. The lowest BCUT2D eigenvalue weighted by Crippen LogP contribution is -2.59. The number of rotatable bonds is 9. The van der Waals surface area contributed by atoms with Crippen molar-refractivity contribution in [3.8, 4) is 0 Å². The van der Waals surface area contributed by atoms with E-state index in [1.54, 1.807) is 6.92 Å². The summed E-state index contributed by atoms with van der Waals surface area (Å²) in [6, 6.07) is 1.10. The van der Waals surface area contributed by atoms with Gasteiger partial charge in [0, 0.05) is 31.6 Å². The highest BCUT2D eigenvalue weighted by Gasteiger charge is 2.62. The molecule has 10 atom stereocenters. The molecule has 4 aliphatic rings. The van der Waals surface area contributed by atoms with E-state index in [4.69, 9.17) is 0 Å². The van der Waals surface area contributed by atoms with Crippen LogP contribution >= 0.6 is 0 Å². The molecule has 0 aliphatic heterocycles. The van der Waals surface area contributed by atoms with E-state index in [1.807, 2.05) is 0 Å². The first-order valence-corrected chi connectivity index (χ1v) is 14.7. The number of aliphatic hydroxyl groups is 1. The summed E-state index contributed by atoms with van der Waals surface area (Å²) in [6.45, 7) is 15.7. The number of ketones is 1. The van der Waals surface area contributed by atoms with E-state index < -0.39 is 0 Å². The lowest BCUT2D eigenvalue weighted by atomic mass is 9.43. The number of hydrogen-bond acceptors (Lipinski definition) is 4. The summed E-state index contributed by atoms with van der Waals surface area (Å²) in [7, 11) is 0. The Morgan fingerprint density at radius 2 is 1.65 bits per heavy atom. The van der Waals surface area contributed by atoms with E-state index in [2.05, 4.69) is 45.3 Å². The van der Waals surface area contributed by atoms with Gasteiger partial charge in [-0.2, -0.15) is 0 Å². The van der Waals surface area contributed by atoms with Crippen LogP contribution in [0.25, 0.3) is 0 Å². The molecule has 4 nitrogen and oxygen atoms in total. The van der Waals surface area contributed by atoms with Crippen LogP contribution in [-0.2, 0) is 4.79 Å². The Bertz CT molecular complexity index is 710. The zero-order valence-corrected chi connectivity index (χ0v) is 23.0. The first-order chi connectivity index (χ1) is 16.1. The molecule has 4 heteroatoms. The van der Waals surface area contributed by atoms with E-state index in [9.17, 15) is 9.90 Å².